The lowest BCUT2D eigenvalue weighted by Crippen LogP contribution is -2.56. The van der Waals surface area contributed by atoms with Crippen LogP contribution in [0.25, 0.3) is 0 Å². The Hall–Kier alpha value is -1.59. The summed E-state index contributed by atoms with van der Waals surface area (Å²) in [7, 11) is 0. The summed E-state index contributed by atoms with van der Waals surface area (Å²) in [4.78, 5) is 23.4. The third kappa shape index (κ3) is 3.51. The van der Waals surface area contributed by atoms with E-state index in [-0.39, 0.29) is 23.5 Å². The molecule has 1 atom stereocenters. The third-order valence-corrected chi connectivity index (χ3v) is 4.94. The number of ether oxygens (including phenoxy) is 1. The van der Waals surface area contributed by atoms with Crippen molar-refractivity contribution in [3.63, 3.8) is 0 Å². The second-order valence-electron chi connectivity index (χ2n) is 6.66. The summed E-state index contributed by atoms with van der Waals surface area (Å²) < 4.78 is 5.80. The summed E-state index contributed by atoms with van der Waals surface area (Å²) in [6.45, 7) is 2.44. The fraction of sp³-hybridized carbons (Fsp3) is 0.529. The average molecular weight is 338 g/mol. The second-order valence-corrected chi connectivity index (χ2v) is 7.09. The number of amides is 1. The van der Waals surface area contributed by atoms with Gasteiger partial charge in [0, 0.05) is 23.2 Å². The van der Waals surface area contributed by atoms with E-state index in [0.717, 1.165) is 12.0 Å². The Morgan fingerprint density at radius 1 is 1.30 bits per heavy atom. The molecular weight excluding hydrogens is 318 g/mol. The van der Waals surface area contributed by atoms with Crippen LogP contribution < -0.4 is 5.32 Å². The first-order chi connectivity index (χ1) is 10.9. The predicted octanol–water partition coefficient (Wildman–Crippen LogP) is 2.79. The first-order valence-corrected chi connectivity index (χ1v) is 8.19. The smallest absolute Gasteiger partial charge is 0.306 e. The molecule has 2 N–H and O–H groups in total. The van der Waals surface area contributed by atoms with Gasteiger partial charge in [-0.25, -0.2) is 0 Å². The van der Waals surface area contributed by atoms with Crippen molar-refractivity contribution in [2.45, 2.75) is 44.2 Å². The molecule has 2 aliphatic rings. The van der Waals surface area contributed by atoms with E-state index in [4.69, 9.17) is 21.4 Å². The van der Waals surface area contributed by atoms with Crippen LogP contribution in [0.1, 0.15) is 41.6 Å². The Morgan fingerprint density at radius 3 is 2.70 bits per heavy atom. The zero-order chi connectivity index (χ0) is 16.6. The molecule has 1 unspecified atom stereocenters. The van der Waals surface area contributed by atoms with E-state index in [1.54, 1.807) is 12.1 Å². The number of carbonyl (C=O) groups excluding carboxylic acids is 1. The van der Waals surface area contributed by atoms with Crippen molar-refractivity contribution >= 4 is 23.5 Å². The maximum absolute atomic E-state index is 12.4. The molecule has 3 rings (SSSR count). The van der Waals surface area contributed by atoms with Crippen molar-refractivity contribution in [2.24, 2.45) is 5.92 Å². The standard InChI is InChI=1S/C17H20ClNO4/c1-10-4-11(6-13(18)5-10)15(20)19-14-2-3-23-17(9-14)7-12(8-17)16(21)22/h4-6,12,14H,2-3,7-9H2,1H3,(H,19,20)(H,21,22). The number of halogens is 1. The zero-order valence-corrected chi connectivity index (χ0v) is 13.7. The van der Waals surface area contributed by atoms with E-state index in [1.165, 1.54) is 0 Å². The molecule has 23 heavy (non-hydrogen) atoms. The number of nitrogens with one attached hydrogen (secondary N) is 1. The van der Waals surface area contributed by atoms with Gasteiger partial charge in [0.15, 0.2) is 0 Å². The minimum Gasteiger partial charge on any atom is -0.481 e. The molecule has 2 fully saturated rings. The lowest BCUT2D eigenvalue weighted by atomic mass is 9.66. The Morgan fingerprint density at radius 2 is 2.04 bits per heavy atom. The van der Waals surface area contributed by atoms with Crippen LogP contribution in [0.15, 0.2) is 18.2 Å². The number of aryl methyl sites for hydroxylation is 1. The van der Waals surface area contributed by atoms with Crippen LogP contribution in [0.4, 0.5) is 0 Å². The number of rotatable bonds is 3. The second kappa shape index (κ2) is 6.13. The number of hydrogen-bond acceptors (Lipinski definition) is 3. The van der Waals surface area contributed by atoms with Crippen LogP contribution in [0.3, 0.4) is 0 Å². The Kier molecular flexibility index (Phi) is 4.34. The molecule has 1 saturated carbocycles. The fourth-order valence-electron chi connectivity index (χ4n) is 3.58. The van der Waals surface area contributed by atoms with Gasteiger partial charge in [-0.2, -0.15) is 0 Å². The van der Waals surface area contributed by atoms with Gasteiger partial charge >= 0.3 is 5.97 Å². The molecule has 1 aromatic rings. The van der Waals surface area contributed by atoms with Gasteiger partial charge < -0.3 is 15.2 Å². The molecule has 0 bridgehead atoms. The molecule has 0 aromatic heterocycles. The van der Waals surface area contributed by atoms with E-state index in [1.807, 2.05) is 13.0 Å². The van der Waals surface area contributed by atoms with E-state index in [9.17, 15) is 9.59 Å². The number of carboxylic acid groups (broad SMARTS) is 1. The van der Waals surface area contributed by atoms with Crippen LogP contribution in [-0.2, 0) is 9.53 Å². The molecule has 1 aliphatic carbocycles. The quantitative estimate of drug-likeness (QED) is 0.889. The number of carboxylic acids is 1. The van der Waals surface area contributed by atoms with E-state index in [0.29, 0.717) is 36.5 Å². The Balaban J connectivity index is 1.62. The van der Waals surface area contributed by atoms with Crippen LogP contribution >= 0.6 is 11.6 Å². The first kappa shape index (κ1) is 16.3. The lowest BCUT2D eigenvalue weighted by Gasteiger charge is -2.50. The van der Waals surface area contributed by atoms with E-state index >= 15 is 0 Å². The summed E-state index contributed by atoms with van der Waals surface area (Å²) in [5.41, 5.74) is 1.12. The van der Waals surface area contributed by atoms with Gasteiger partial charge in [0.25, 0.3) is 5.91 Å². The Bertz CT molecular complexity index is 619. The summed E-state index contributed by atoms with van der Waals surface area (Å²) in [6, 6.07) is 5.27. The molecule has 124 valence electrons. The molecule has 6 heteroatoms. The summed E-state index contributed by atoms with van der Waals surface area (Å²) in [6.07, 6.45) is 2.47. The fourth-order valence-corrected chi connectivity index (χ4v) is 3.87. The van der Waals surface area contributed by atoms with Gasteiger partial charge in [-0.3, -0.25) is 9.59 Å². The van der Waals surface area contributed by atoms with E-state index in [2.05, 4.69) is 5.32 Å². The molecule has 1 amide bonds. The number of aliphatic carboxylic acids is 1. The van der Waals surface area contributed by atoms with Crippen molar-refractivity contribution in [1.29, 1.82) is 0 Å². The summed E-state index contributed by atoms with van der Waals surface area (Å²) in [5, 5.41) is 12.6. The molecule has 5 nitrogen and oxygen atoms in total. The minimum atomic E-state index is -0.764. The molecule has 1 aromatic carbocycles. The minimum absolute atomic E-state index is 0.00489. The lowest BCUT2D eigenvalue weighted by molar-refractivity contribution is -0.181. The van der Waals surface area contributed by atoms with Crippen LogP contribution in [-0.4, -0.2) is 35.2 Å². The van der Waals surface area contributed by atoms with Gasteiger partial charge in [-0.15, -0.1) is 0 Å². The topological polar surface area (TPSA) is 75.6 Å². The van der Waals surface area contributed by atoms with Crippen LogP contribution in [0, 0.1) is 12.8 Å². The third-order valence-electron chi connectivity index (χ3n) is 4.72. The summed E-state index contributed by atoms with van der Waals surface area (Å²) in [5.74, 6) is -1.23. The normalized spacial score (nSPS) is 29.8. The number of carbonyl (C=O) groups is 2. The molecule has 1 aliphatic heterocycles. The van der Waals surface area contributed by atoms with Crippen molar-refractivity contribution in [3.8, 4) is 0 Å². The van der Waals surface area contributed by atoms with Crippen molar-refractivity contribution in [1.82, 2.24) is 5.32 Å². The van der Waals surface area contributed by atoms with Crippen molar-refractivity contribution < 1.29 is 19.4 Å². The summed E-state index contributed by atoms with van der Waals surface area (Å²) >= 11 is 6.00. The maximum atomic E-state index is 12.4. The first-order valence-electron chi connectivity index (χ1n) is 7.82. The highest BCUT2D eigenvalue weighted by atomic mass is 35.5. The van der Waals surface area contributed by atoms with Crippen LogP contribution in [0.5, 0.6) is 0 Å². The number of hydrogen-bond donors (Lipinski definition) is 2. The molecule has 0 radical (unpaired) electrons. The zero-order valence-electron chi connectivity index (χ0n) is 13.0. The van der Waals surface area contributed by atoms with Crippen molar-refractivity contribution in [3.05, 3.63) is 34.3 Å². The predicted molar refractivity (Wildman–Crippen MR) is 85.7 cm³/mol. The van der Waals surface area contributed by atoms with Crippen molar-refractivity contribution in [2.75, 3.05) is 6.61 Å². The van der Waals surface area contributed by atoms with Gasteiger partial charge in [0.2, 0.25) is 0 Å². The number of benzene rings is 1. The SMILES string of the molecule is Cc1cc(Cl)cc(C(=O)NC2CCOC3(C2)CC(C(=O)O)C3)c1. The molecule has 1 heterocycles. The highest BCUT2D eigenvalue weighted by Crippen LogP contribution is 2.46. The highest BCUT2D eigenvalue weighted by Gasteiger charge is 2.51. The maximum Gasteiger partial charge on any atom is 0.306 e. The van der Waals surface area contributed by atoms with Gasteiger partial charge in [0.1, 0.15) is 0 Å². The molecule has 1 saturated heterocycles. The largest absolute Gasteiger partial charge is 0.481 e. The highest BCUT2D eigenvalue weighted by molar-refractivity contribution is 6.31. The van der Waals surface area contributed by atoms with E-state index < -0.39 is 5.97 Å². The monoisotopic (exact) mass is 337 g/mol. The molecular formula is C17H20ClNO4. The van der Waals surface area contributed by atoms with Gasteiger partial charge in [0.05, 0.1) is 11.5 Å². The van der Waals surface area contributed by atoms with Gasteiger partial charge in [-0.05, 0) is 56.4 Å². The molecule has 1 spiro atoms. The Labute approximate surface area is 140 Å². The average Bonchev–Trinajstić information content (AvgIpc) is 2.43. The van der Waals surface area contributed by atoms with Gasteiger partial charge in [-0.1, -0.05) is 11.6 Å². The van der Waals surface area contributed by atoms with Crippen LogP contribution in [0.2, 0.25) is 5.02 Å².